The van der Waals surface area contributed by atoms with Crippen molar-refractivity contribution in [1.82, 2.24) is 0 Å². The summed E-state index contributed by atoms with van der Waals surface area (Å²) in [5.74, 6) is 0.775. The molecular weight excluding hydrogens is 128 g/mol. The van der Waals surface area contributed by atoms with E-state index in [1.807, 2.05) is 6.92 Å². The highest BCUT2D eigenvalue weighted by Gasteiger charge is 2.11. The van der Waals surface area contributed by atoms with Crippen molar-refractivity contribution in [2.75, 3.05) is 0 Å². The minimum atomic E-state index is -0.879. The van der Waals surface area contributed by atoms with Crippen LogP contribution in [0.25, 0.3) is 0 Å². The van der Waals surface area contributed by atoms with Gasteiger partial charge in [0.15, 0.2) is 0 Å². The summed E-state index contributed by atoms with van der Waals surface area (Å²) in [5, 5.41) is 8.46. The molecule has 56 valence electrons. The van der Waals surface area contributed by atoms with Crippen LogP contribution in [0.5, 0.6) is 0 Å². The average Bonchev–Trinajstić information content (AvgIpc) is 1.89. The van der Waals surface area contributed by atoms with Crippen LogP contribution in [0.2, 0.25) is 0 Å². The van der Waals surface area contributed by atoms with Gasteiger partial charge in [-0.1, -0.05) is 25.7 Å². The molecule has 0 rings (SSSR count). The van der Waals surface area contributed by atoms with Gasteiger partial charge in [0.25, 0.3) is 0 Å². The lowest BCUT2D eigenvalue weighted by molar-refractivity contribution is -0.139. The smallest absolute Gasteiger partial charge is 0.318 e. The molecule has 0 spiro atoms. The lowest BCUT2D eigenvalue weighted by Gasteiger charge is -2.01. The summed E-state index contributed by atoms with van der Waals surface area (Å²) in [6.07, 6.45) is 7.46. The van der Waals surface area contributed by atoms with Gasteiger partial charge >= 0.3 is 5.97 Å². The van der Waals surface area contributed by atoms with Crippen LogP contribution in [0.15, 0.2) is 0 Å². The highest BCUT2D eigenvalue weighted by Crippen LogP contribution is 2.06. The molecule has 0 saturated heterocycles. The Kier molecular flexibility index (Phi) is 4.39. The molecule has 1 atom stereocenters. The molecule has 0 aliphatic rings. The molecule has 0 aliphatic carbocycles. The number of carboxylic acids is 1. The van der Waals surface area contributed by atoms with Crippen LogP contribution >= 0.6 is 0 Å². The SMILES string of the molecule is C#C[C@H](CCCC)C(=O)O. The van der Waals surface area contributed by atoms with Crippen molar-refractivity contribution in [1.29, 1.82) is 0 Å². The molecule has 0 amide bonds. The van der Waals surface area contributed by atoms with E-state index in [9.17, 15) is 4.79 Å². The number of terminal acetylenes is 1. The van der Waals surface area contributed by atoms with Crippen molar-refractivity contribution in [3.05, 3.63) is 0 Å². The van der Waals surface area contributed by atoms with E-state index in [0.717, 1.165) is 12.8 Å². The Balaban J connectivity index is 3.64. The summed E-state index contributed by atoms with van der Waals surface area (Å²) < 4.78 is 0. The lowest BCUT2D eigenvalue weighted by atomic mass is 10.0. The third-order valence-corrected chi connectivity index (χ3v) is 1.35. The van der Waals surface area contributed by atoms with E-state index >= 15 is 0 Å². The van der Waals surface area contributed by atoms with E-state index in [4.69, 9.17) is 11.5 Å². The quantitative estimate of drug-likeness (QED) is 0.601. The number of aliphatic carboxylic acids is 1. The summed E-state index contributed by atoms with van der Waals surface area (Å²) in [7, 11) is 0. The molecule has 2 nitrogen and oxygen atoms in total. The molecule has 0 aromatic rings. The predicted octanol–water partition coefficient (Wildman–Crippen LogP) is 1.51. The molecule has 0 saturated carbocycles. The standard InChI is InChI=1S/C8H12O2/c1-3-5-6-7(4-2)8(9)10/h2,7H,3,5-6H2,1H3,(H,9,10)/t7-/m1/s1. The summed E-state index contributed by atoms with van der Waals surface area (Å²) in [5.41, 5.74) is 0. The van der Waals surface area contributed by atoms with Crippen molar-refractivity contribution in [3.8, 4) is 12.3 Å². The van der Waals surface area contributed by atoms with Gasteiger partial charge in [-0.2, -0.15) is 0 Å². The van der Waals surface area contributed by atoms with Crippen molar-refractivity contribution in [2.24, 2.45) is 5.92 Å². The fourth-order valence-electron chi connectivity index (χ4n) is 0.686. The maximum Gasteiger partial charge on any atom is 0.318 e. The number of hydrogen-bond acceptors (Lipinski definition) is 1. The minimum absolute atomic E-state index is 0.583. The van der Waals surface area contributed by atoms with E-state index in [0.29, 0.717) is 6.42 Å². The Labute approximate surface area is 61.2 Å². The molecule has 0 fully saturated rings. The molecule has 0 unspecified atom stereocenters. The summed E-state index contributed by atoms with van der Waals surface area (Å²) in [6, 6.07) is 0. The molecule has 0 radical (unpaired) electrons. The number of rotatable bonds is 4. The first kappa shape index (κ1) is 9.03. The van der Waals surface area contributed by atoms with Crippen LogP contribution in [-0.4, -0.2) is 11.1 Å². The van der Waals surface area contributed by atoms with Gasteiger partial charge in [-0.05, 0) is 6.42 Å². The van der Waals surface area contributed by atoms with Gasteiger partial charge in [0, 0.05) is 0 Å². The zero-order valence-electron chi connectivity index (χ0n) is 6.13. The molecule has 0 aliphatic heterocycles. The van der Waals surface area contributed by atoms with Gasteiger partial charge in [-0.3, -0.25) is 4.79 Å². The Morgan fingerprint density at radius 2 is 2.40 bits per heavy atom. The van der Waals surface area contributed by atoms with Gasteiger partial charge in [0.05, 0.1) is 0 Å². The Morgan fingerprint density at radius 3 is 2.70 bits per heavy atom. The van der Waals surface area contributed by atoms with E-state index in [1.54, 1.807) is 0 Å². The first-order valence-electron chi connectivity index (χ1n) is 3.41. The monoisotopic (exact) mass is 140 g/mol. The Bertz CT molecular complexity index is 144. The number of hydrogen-bond donors (Lipinski definition) is 1. The number of unbranched alkanes of at least 4 members (excludes halogenated alkanes) is 1. The highest BCUT2D eigenvalue weighted by atomic mass is 16.4. The molecule has 10 heavy (non-hydrogen) atoms. The van der Waals surface area contributed by atoms with Crippen LogP contribution in [-0.2, 0) is 4.79 Å². The zero-order chi connectivity index (χ0) is 7.98. The fourth-order valence-corrected chi connectivity index (χ4v) is 0.686. The van der Waals surface area contributed by atoms with Gasteiger partial charge < -0.3 is 5.11 Å². The highest BCUT2D eigenvalue weighted by molar-refractivity contribution is 5.73. The summed E-state index contributed by atoms with van der Waals surface area (Å²) in [6.45, 7) is 2.01. The van der Waals surface area contributed by atoms with Crippen LogP contribution < -0.4 is 0 Å². The number of carbonyl (C=O) groups is 1. The third kappa shape index (κ3) is 3.13. The van der Waals surface area contributed by atoms with Crippen LogP contribution in [0.4, 0.5) is 0 Å². The Hall–Kier alpha value is -0.970. The van der Waals surface area contributed by atoms with Crippen molar-refractivity contribution >= 4 is 5.97 Å². The van der Waals surface area contributed by atoms with Gasteiger partial charge in [-0.25, -0.2) is 0 Å². The minimum Gasteiger partial charge on any atom is -0.480 e. The average molecular weight is 140 g/mol. The van der Waals surface area contributed by atoms with Crippen molar-refractivity contribution in [2.45, 2.75) is 26.2 Å². The molecular formula is C8H12O2. The number of carboxylic acid groups (broad SMARTS) is 1. The van der Waals surface area contributed by atoms with Gasteiger partial charge in [-0.15, -0.1) is 6.42 Å². The molecule has 2 heteroatoms. The summed E-state index contributed by atoms with van der Waals surface area (Å²) in [4.78, 5) is 10.3. The second-order valence-corrected chi connectivity index (χ2v) is 2.20. The molecule has 0 aromatic carbocycles. The van der Waals surface area contributed by atoms with Crippen molar-refractivity contribution in [3.63, 3.8) is 0 Å². The normalized spacial score (nSPS) is 12.0. The van der Waals surface area contributed by atoms with E-state index in [-0.39, 0.29) is 0 Å². The molecule has 0 bridgehead atoms. The first-order chi connectivity index (χ1) is 4.72. The van der Waals surface area contributed by atoms with E-state index in [1.165, 1.54) is 0 Å². The topological polar surface area (TPSA) is 37.3 Å². The Morgan fingerprint density at radius 1 is 1.80 bits per heavy atom. The summed E-state index contributed by atoms with van der Waals surface area (Å²) >= 11 is 0. The lowest BCUT2D eigenvalue weighted by Crippen LogP contribution is -2.10. The van der Waals surface area contributed by atoms with Crippen LogP contribution in [0.3, 0.4) is 0 Å². The van der Waals surface area contributed by atoms with E-state index < -0.39 is 11.9 Å². The maximum absolute atomic E-state index is 10.3. The van der Waals surface area contributed by atoms with Crippen molar-refractivity contribution < 1.29 is 9.90 Å². The van der Waals surface area contributed by atoms with Gasteiger partial charge in [0.2, 0.25) is 0 Å². The molecule has 0 heterocycles. The zero-order valence-corrected chi connectivity index (χ0v) is 6.13. The maximum atomic E-state index is 10.3. The predicted molar refractivity (Wildman–Crippen MR) is 39.5 cm³/mol. The second kappa shape index (κ2) is 4.87. The molecule has 1 N–H and O–H groups in total. The largest absolute Gasteiger partial charge is 0.480 e. The molecule has 0 aromatic heterocycles. The second-order valence-electron chi connectivity index (χ2n) is 2.20. The third-order valence-electron chi connectivity index (χ3n) is 1.35. The van der Waals surface area contributed by atoms with Gasteiger partial charge in [0.1, 0.15) is 5.92 Å². The van der Waals surface area contributed by atoms with Crippen LogP contribution in [0, 0.1) is 18.3 Å². The van der Waals surface area contributed by atoms with Crippen LogP contribution in [0.1, 0.15) is 26.2 Å². The fraction of sp³-hybridized carbons (Fsp3) is 0.625. The first-order valence-corrected chi connectivity index (χ1v) is 3.41. The van der Waals surface area contributed by atoms with E-state index in [2.05, 4.69) is 5.92 Å².